The highest BCUT2D eigenvalue weighted by atomic mass is 35.5. The minimum atomic E-state index is 0.162. The summed E-state index contributed by atoms with van der Waals surface area (Å²) in [6, 6.07) is 7.53. The SMILES string of the molecule is CC(CO)C(C)NCc1ccc(C#N)cc1Cl. The molecule has 1 rings (SSSR count). The molecule has 4 heteroatoms. The predicted molar refractivity (Wildman–Crippen MR) is 68.7 cm³/mol. The first-order chi connectivity index (χ1) is 8.08. The van der Waals surface area contributed by atoms with Gasteiger partial charge in [0.1, 0.15) is 0 Å². The summed E-state index contributed by atoms with van der Waals surface area (Å²) < 4.78 is 0. The van der Waals surface area contributed by atoms with Crippen LogP contribution in [0.4, 0.5) is 0 Å². The second-order valence-electron chi connectivity index (χ2n) is 4.25. The average Bonchev–Trinajstić information content (AvgIpc) is 2.35. The van der Waals surface area contributed by atoms with E-state index in [0.717, 1.165) is 5.56 Å². The van der Waals surface area contributed by atoms with E-state index in [4.69, 9.17) is 22.0 Å². The summed E-state index contributed by atoms with van der Waals surface area (Å²) >= 11 is 6.06. The van der Waals surface area contributed by atoms with E-state index in [-0.39, 0.29) is 18.6 Å². The maximum absolute atomic E-state index is 9.02. The molecule has 0 radical (unpaired) electrons. The maximum Gasteiger partial charge on any atom is 0.0992 e. The number of nitrogens with zero attached hydrogens (tertiary/aromatic N) is 1. The van der Waals surface area contributed by atoms with E-state index in [0.29, 0.717) is 17.1 Å². The molecule has 0 aromatic heterocycles. The molecule has 0 amide bonds. The van der Waals surface area contributed by atoms with E-state index in [2.05, 4.69) is 5.32 Å². The van der Waals surface area contributed by atoms with Crippen molar-refractivity contribution >= 4 is 11.6 Å². The molecule has 0 aliphatic rings. The standard InChI is InChI=1S/C13H17ClN2O/c1-9(8-17)10(2)16-7-12-4-3-11(6-15)5-13(12)14/h3-5,9-10,16-17H,7-8H2,1-2H3. The van der Waals surface area contributed by atoms with Gasteiger partial charge >= 0.3 is 0 Å². The van der Waals surface area contributed by atoms with Crippen LogP contribution in [0.25, 0.3) is 0 Å². The first-order valence-electron chi connectivity index (χ1n) is 5.61. The van der Waals surface area contributed by atoms with Gasteiger partial charge < -0.3 is 10.4 Å². The predicted octanol–water partition coefficient (Wildman–Crippen LogP) is 2.32. The fraction of sp³-hybridized carbons (Fsp3) is 0.462. The van der Waals surface area contributed by atoms with Crippen LogP contribution in [0.3, 0.4) is 0 Å². The summed E-state index contributed by atoms with van der Waals surface area (Å²) in [6.45, 7) is 4.81. The highest BCUT2D eigenvalue weighted by Gasteiger charge is 2.11. The third kappa shape index (κ3) is 4.01. The van der Waals surface area contributed by atoms with Gasteiger partial charge in [0.2, 0.25) is 0 Å². The monoisotopic (exact) mass is 252 g/mol. The third-order valence-corrected chi connectivity index (χ3v) is 3.29. The van der Waals surface area contributed by atoms with Gasteiger partial charge in [-0.1, -0.05) is 24.6 Å². The molecule has 0 aliphatic carbocycles. The number of aliphatic hydroxyl groups is 1. The van der Waals surface area contributed by atoms with Gasteiger partial charge in [0, 0.05) is 24.2 Å². The highest BCUT2D eigenvalue weighted by molar-refractivity contribution is 6.31. The van der Waals surface area contributed by atoms with E-state index in [9.17, 15) is 0 Å². The molecule has 0 aliphatic heterocycles. The van der Waals surface area contributed by atoms with E-state index >= 15 is 0 Å². The Morgan fingerprint density at radius 1 is 1.47 bits per heavy atom. The molecule has 0 heterocycles. The maximum atomic E-state index is 9.02. The summed E-state index contributed by atoms with van der Waals surface area (Å²) in [5.41, 5.74) is 1.53. The van der Waals surface area contributed by atoms with Crippen LogP contribution in [0, 0.1) is 17.2 Å². The molecular weight excluding hydrogens is 236 g/mol. The van der Waals surface area contributed by atoms with Crippen molar-refractivity contribution < 1.29 is 5.11 Å². The van der Waals surface area contributed by atoms with Crippen molar-refractivity contribution in [2.24, 2.45) is 5.92 Å². The van der Waals surface area contributed by atoms with Gasteiger partial charge in [0.15, 0.2) is 0 Å². The highest BCUT2D eigenvalue weighted by Crippen LogP contribution is 2.17. The van der Waals surface area contributed by atoms with Gasteiger partial charge in [0.25, 0.3) is 0 Å². The topological polar surface area (TPSA) is 56.0 Å². The smallest absolute Gasteiger partial charge is 0.0992 e. The average molecular weight is 253 g/mol. The van der Waals surface area contributed by atoms with Crippen LogP contribution in [0.5, 0.6) is 0 Å². The molecule has 0 bridgehead atoms. The fourth-order valence-corrected chi connectivity index (χ4v) is 1.64. The minimum Gasteiger partial charge on any atom is -0.396 e. The van der Waals surface area contributed by atoms with Gasteiger partial charge in [-0.2, -0.15) is 5.26 Å². The minimum absolute atomic E-state index is 0.162. The van der Waals surface area contributed by atoms with Crippen molar-refractivity contribution in [1.82, 2.24) is 5.32 Å². The van der Waals surface area contributed by atoms with E-state index < -0.39 is 0 Å². The Morgan fingerprint density at radius 2 is 2.18 bits per heavy atom. The quantitative estimate of drug-likeness (QED) is 0.846. The van der Waals surface area contributed by atoms with Crippen LogP contribution in [-0.4, -0.2) is 17.8 Å². The lowest BCUT2D eigenvalue weighted by Gasteiger charge is -2.19. The van der Waals surface area contributed by atoms with Crippen LogP contribution in [0.1, 0.15) is 25.0 Å². The number of benzene rings is 1. The van der Waals surface area contributed by atoms with E-state index in [1.807, 2.05) is 26.0 Å². The van der Waals surface area contributed by atoms with Gasteiger partial charge in [-0.25, -0.2) is 0 Å². The third-order valence-electron chi connectivity index (χ3n) is 2.94. The number of nitrogens with one attached hydrogen (secondary N) is 1. The number of aliphatic hydroxyl groups excluding tert-OH is 1. The molecule has 2 unspecified atom stereocenters. The number of hydrogen-bond donors (Lipinski definition) is 2. The lowest BCUT2D eigenvalue weighted by molar-refractivity contribution is 0.207. The molecule has 0 fully saturated rings. The first kappa shape index (κ1) is 14.0. The zero-order valence-electron chi connectivity index (χ0n) is 10.1. The Balaban J connectivity index is 2.61. The van der Waals surface area contributed by atoms with Gasteiger partial charge in [-0.15, -0.1) is 0 Å². The Morgan fingerprint density at radius 3 is 2.71 bits per heavy atom. The van der Waals surface area contributed by atoms with E-state index in [1.54, 1.807) is 12.1 Å². The molecule has 2 N–H and O–H groups in total. The van der Waals surface area contributed by atoms with E-state index in [1.165, 1.54) is 0 Å². The van der Waals surface area contributed by atoms with Crippen molar-refractivity contribution in [3.63, 3.8) is 0 Å². The van der Waals surface area contributed by atoms with Gasteiger partial charge in [-0.05, 0) is 30.5 Å². The van der Waals surface area contributed by atoms with Crippen molar-refractivity contribution in [2.75, 3.05) is 6.61 Å². The Labute approximate surface area is 107 Å². The van der Waals surface area contributed by atoms with Crippen LogP contribution in [0.15, 0.2) is 18.2 Å². The summed E-state index contributed by atoms with van der Waals surface area (Å²) in [5, 5.41) is 21.6. The molecule has 17 heavy (non-hydrogen) atoms. The fourth-order valence-electron chi connectivity index (χ4n) is 1.39. The van der Waals surface area contributed by atoms with Crippen molar-refractivity contribution in [2.45, 2.75) is 26.4 Å². The summed E-state index contributed by atoms with van der Waals surface area (Å²) in [6.07, 6.45) is 0. The number of nitriles is 1. The largest absolute Gasteiger partial charge is 0.396 e. The number of halogens is 1. The lowest BCUT2D eigenvalue weighted by atomic mass is 10.0. The second-order valence-corrected chi connectivity index (χ2v) is 4.65. The van der Waals surface area contributed by atoms with Crippen LogP contribution in [-0.2, 0) is 6.54 Å². The second kappa shape index (κ2) is 6.61. The lowest BCUT2D eigenvalue weighted by Crippen LogP contribution is -2.33. The molecule has 2 atom stereocenters. The number of hydrogen-bond acceptors (Lipinski definition) is 3. The first-order valence-corrected chi connectivity index (χ1v) is 5.99. The van der Waals surface area contributed by atoms with Crippen molar-refractivity contribution in [3.05, 3.63) is 34.3 Å². The Bertz CT molecular complexity index is 414. The molecule has 1 aromatic carbocycles. The van der Waals surface area contributed by atoms with Crippen molar-refractivity contribution in [3.8, 4) is 6.07 Å². The molecule has 0 spiro atoms. The van der Waals surface area contributed by atoms with Crippen LogP contribution >= 0.6 is 11.6 Å². The van der Waals surface area contributed by atoms with Crippen LogP contribution < -0.4 is 5.32 Å². The summed E-state index contributed by atoms with van der Waals surface area (Å²) in [7, 11) is 0. The molecule has 92 valence electrons. The molecular formula is C13H17ClN2O. The molecule has 0 saturated heterocycles. The van der Waals surface area contributed by atoms with Gasteiger partial charge in [-0.3, -0.25) is 0 Å². The van der Waals surface area contributed by atoms with Gasteiger partial charge in [0.05, 0.1) is 11.6 Å². The van der Waals surface area contributed by atoms with Crippen LogP contribution in [0.2, 0.25) is 5.02 Å². The Hall–Kier alpha value is -1.08. The molecule has 1 aromatic rings. The molecule has 3 nitrogen and oxygen atoms in total. The van der Waals surface area contributed by atoms with Crippen molar-refractivity contribution in [1.29, 1.82) is 5.26 Å². The summed E-state index contributed by atoms with van der Waals surface area (Å²) in [4.78, 5) is 0. The zero-order valence-corrected chi connectivity index (χ0v) is 10.8. The normalized spacial score (nSPS) is 14.1. The zero-order chi connectivity index (χ0) is 12.8. The summed E-state index contributed by atoms with van der Waals surface area (Å²) in [5.74, 6) is 0.201. The Kier molecular flexibility index (Phi) is 5.43. The number of rotatable bonds is 5. The molecule has 0 saturated carbocycles.